The van der Waals surface area contributed by atoms with Gasteiger partial charge in [0.25, 0.3) is 5.91 Å². The standard InChI is InChI=1S/C14H13ClN2O4/c1-17(2)13(19)7-16-14(20)12-6-10(18)9-5-8(15)3-4-11(9)21-12/h3-6H,7H2,1-2H3,(H,16,20). The van der Waals surface area contributed by atoms with Crippen LogP contribution in [0.1, 0.15) is 10.6 Å². The molecule has 0 unspecified atom stereocenters. The average molecular weight is 309 g/mol. The zero-order valence-corrected chi connectivity index (χ0v) is 12.2. The Morgan fingerprint density at radius 1 is 1.29 bits per heavy atom. The zero-order chi connectivity index (χ0) is 15.6. The van der Waals surface area contributed by atoms with Crippen LogP contribution in [0, 0.1) is 0 Å². The first-order valence-corrected chi connectivity index (χ1v) is 6.48. The number of halogens is 1. The molecule has 2 aromatic rings. The first-order chi connectivity index (χ1) is 9.88. The molecule has 2 rings (SSSR count). The summed E-state index contributed by atoms with van der Waals surface area (Å²) in [5.74, 6) is -1.04. The van der Waals surface area contributed by atoms with Gasteiger partial charge in [-0.05, 0) is 18.2 Å². The third-order valence-electron chi connectivity index (χ3n) is 2.81. The Kier molecular flexibility index (Phi) is 4.28. The van der Waals surface area contributed by atoms with E-state index >= 15 is 0 Å². The maximum Gasteiger partial charge on any atom is 0.287 e. The summed E-state index contributed by atoms with van der Waals surface area (Å²) in [6.07, 6.45) is 0. The van der Waals surface area contributed by atoms with Crippen LogP contribution in [0.15, 0.2) is 33.5 Å². The Balaban J connectivity index is 2.26. The van der Waals surface area contributed by atoms with E-state index in [0.29, 0.717) is 10.4 Å². The molecule has 0 radical (unpaired) electrons. The zero-order valence-electron chi connectivity index (χ0n) is 11.5. The highest BCUT2D eigenvalue weighted by molar-refractivity contribution is 6.31. The topological polar surface area (TPSA) is 79.6 Å². The number of hydrogen-bond donors (Lipinski definition) is 1. The summed E-state index contributed by atoms with van der Waals surface area (Å²) in [5, 5.41) is 3.10. The second-order valence-electron chi connectivity index (χ2n) is 4.59. The van der Waals surface area contributed by atoms with Gasteiger partial charge in [-0.2, -0.15) is 0 Å². The van der Waals surface area contributed by atoms with E-state index in [1.807, 2.05) is 0 Å². The Hall–Kier alpha value is -2.34. The quantitative estimate of drug-likeness (QED) is 0.926. The van der Waals surface area contributed by atoms with Gasteiger partial charge in [0.05, 0.1) is 11.9 Å². The van der Waals surface area contributed by atoms with Crippen LogP contribution in [0.5, 0.6) is 0 Å². The lowest BCUT2D eigenvalue weighted by Crippen LogP contribution is -2.36. The number of benzene rings is 1. The molecule has 0 spiro atoms. The van der Waals surface area contributed by atoms with Crippen molar-refractivity contribution in [1.29, 1.82) is 0 Å². The van der Waals surface area contributed by atoms with Crippen molar-refractivity contribution in [3.05, 3.63) is 45.3 Å². The van der Waals surface area contributed by atoms with E-state index in [0.717, 1.165) is 6.07 Å². The number of carbonyl (C=O) groups is 2. The predicted octanol–water partition coefficient (Wildman–Crippen LogP) is 1.26. The van der Waals surface area contributed by atoms with Gasteiger partial charge in [-0.15, -0.1) is 0 Å². The number of fused-ring (bicyclic) bond motifs is 1. The summed E-state index contributed by atoms with van der Waals surface area (Å²) >= 11 is 5.81. The van der Waals surface area contributed by atoms with E-state index in [-0.39, 0.29) is 29.2 Å². The number of nitrogens with one attached hydrogen (secondary N) is 1. The summed E-state index contributed by atoms with van der Waals surface area (Å²) in [7, 11) is 3.16. The molecular formula is C14H13ClN2O4. The molecular weight excluding hydrogens is 296 g/mol. The van der Waals surface area contributed by atoms with Crippen molar-refractivity contribution >= 4 is 34.4 Å². The van der Waals surface area contributed by atoms with Crippen LogP contribution in [0.2, 0.25) is 5.02 Å². The fourth-order valence-electron chi connectivity index (χ4n) is 1.64. The normalized spacial score (nSPS) is 10.4. The molecule has 2 amide bonds. The Morgan fingerprint density at radius 2 is 2.00 bits per heavy atom. The highest BCUT2D eigenvalue weighted by Gasteiger charge is 2.14. The molecule has 110 valence electrons. The smallest absolute Gasteiger partial charge is 0.287 e. The van der Waals surface area contributed by atoms with Crippen molar-refractivity contribution in [2.75, 3.05) is 20.6 Å². The van der Waals surface area contributed by atoms with E-state index in [4.69, 9.17) is 16.0 Å². The van der Waals surface area contributed by atoms with Crippen LogP contribution in [0.25, 0.3) is 11.0 Å². The van der Waals surface area contributed by atoms with Gasteiger partial charge in [0, 0.05) is 25.2 Å². The summed E-state index contributed by atoms with van der Waals surface area (Å²) in [6, 6.07) is 5.62. The van der Waals surface area contributed by atoms with E-state index < -0.39 is 5.91 Å². The van der Waals surface area contributed by atoms with Crippen LogP contribution in [-0.4, -0.2) is 37.4 Å². The lowest BCUT2D eigenvalue weighted by atomic mass is 10.2. The van der Waals surface area contributed by atoms with Gasteiger partial charge in [-0.25, -0.2) is 0 Å². The number of rotatable bonds is 3. The summed E-state index contributed by atoms with van der Waals surface area (Å²) in [4.78, 5) is 36.6. The lowest BCUT2D eigenvalue weighted by molar-refractivity contribution is -0.127. The van der Waals surface area contributed by atoms with Crippen molar-refractivity contribution in [3.63, 3.8) is 0 Å². The maximum atomic E-state index is 11.9. The lowest BCUT2D eigenvalue weighted by Gasteiger charge is -2.10. The van der Waals surface area contributed by atoms with Crippen LogP contribution >= 0.6 is 11.6 Å². The van der Waals surface area contributed by atoms with Gasteiger partial charge in [0.15, 0.2) is 11.2 Å². The molecule has 21 heavy (non-hydrogen) atoms. The summed E-state index contributed by atoms with van der Waals surface area (Å²) in [6.45, 7) is -0.172. The Bertz CT molecular complexity index is 767. The van der Waals surface area contributed by atoms with Crippen molar-refractivity contribution in [2.24, 2.45) is 0 Å². The molecule has 0 aliphatic carbocycles. The van der Waals surface area contributed by atoms with Crippen LogP contribution in [0.3, 0.4) is 0 Å². The molecule has 7 heteroatoms. The first-order valence-electron chi connectivity index (χ1n) is 6.10. The third kappa shape index (κ3) is 3.41. The van der Waals surface area contributed by atoms with E-state index in [9.17, 15) is 14.4 Å². The summed E-state index contributed by atoms with van der Waals surface area (Å²) in [5.41, 5.74) is -0.112. The van der Waals surface area contributed by atoms with E-state index in [2.05, 4.69) is 5.32 Å². The second kappa shape index (κ2) is 5.97. The first kappa shape index (κ1) is 15.1. The van der Waals surface area contributed by atoms with Crippen LogP contribution < -0.4 is 10.7 Å². The number of hydrogen-bond acceptors (Lipinski definition) is 4. The molecule has 0 aliphatic rings. The Morgan fingerprint density at radius 3 is 2.67 bits per heavy atom. The van der Waals surface area contributed by atoms with Crippen molar-refractivity contribution in [2.45, 2.75) is 0 Å². The number of carbonyl (C=O) groups excluding carboxylic acids is 2. The van der Waals surface area contributed by atoms with Crippen molar-refractivity contribution in [1.82, 2.24) is 10.2 Å². The van der Waals surface area contributed by atoms with Crippen LogP contribution in [0.4, 0.5) is 0 Å². The number of nitrogens with zero attached hydrogens (tertiary/aromatic N) is 1. The molecule has 0 fully saturated rings. The van der Waals surface area contributed by atoms with Gasteiger partial charge in [-0.1, -0.05) is 11.6 Å². The highest BCUT2D eigenvalue weighted by atomic mass is 35.5. The average Bonchev–Trinajstić information content (AvgIpc) is 2.44. The monoisotopic (exact) mass is 308 g/mol. The summed E-state index contributed by atoms with van der Waals surface area (Å²) < 4.78 is 5.36. The minimum Gasteiger partial charge on any atom is -0.451 e. The van der Waals surface area contributed by atoms with Crippen molar-refractivity contribution in [3.8, 4) is 0 Å². The molecule has 1 aromatic heterocycles. The molecule has 6 nitrogen and oxygen atoms in total. The largest absolute Gasteiger partial charge is 0.451 e. The number of likely N-dealkylation sites (N-methyl/N-ethyl adjacent to an activating group) is 1. The predicted molar refractivity (Wildman–Crippen MR) is 78.5 cm³/mol. The second-order valence-corrected chi connectivity index (χ2v) is 5.02. The van der Waals surface area contributed by atoms with E-state index in [1.165, 1.54) is 17.0 Å². The molecule has 0 bridgehead atoms. The molecule has 1 heterocycles. The molecule has 1 aromatic carbocycles. The molecule has 1 N–H and O–H groups in total. The van der Waals surface area contributed by atoms with Gasteiger partial charge >= 0.3 is 0 Å². The minimum atomic E-state index is -0.626. The van der Waals surface area contributed by atoms with Gasteiger partial charge in [0.1, 0.15) is 5.58 Å². The van der Waals surface area contributed by atoms with Gasteiger partial charge in [0.2, 0.25) is 5.91 Å². The van der Waals surface area contributed by atoms with E-state index in [1.54, 1.807) is 20.2 Å². The van der Waals surface area contributed by atoms with Crippen LogP contribution in [-0.2, 0) is 4.79 Å². The van der Waals surface area contributed by atoms with Gasteiger partial charge in [-0.3, -0.25) is 14.4 Å². The molecule has 0 aliphatic heterocycles. The molecule has 0 atom stereocenters. The highest BCUT2D eigenvalue weighted by Crippen LogP contribution is 2.17. The fraction of sp³-hybridized carbons (Fsp3) is 0.214. The third-order valence-corrected chi connectivity index (χ3v) is 3.05. The maximum absolute atomic E-state index is 11.9. The Labute approximate surface area is 125 Å². The minimum absolute atomic E-state index is 0.152. The van der Waals surface area contributed by atoms with Crippen molar-refractivity contribution < 1.29 is 14.0 Å². The fourth-order valence-corrected chi connectivity index (χ4v) is 1.81. The number of amides is 2. The van der Waals surface area contributed by atoms with Gasteiger partial charge < -0.3 is 14.6 Å². The molecule has 0 saturated heterocycles. The SMILES string of the molecule is CN(C)C(=O)CNC(=O)c1cc(=O)c2cc(Cl)ccc2o1. The molecule has 0 saturated carbocycles.